The number of aromatic hydroxyl groups is 1. The summed E-state index contributed by atoms with van der Waals surface area (Å²) in [5.74, 6) is 0.842. The van der Waals surface area contributed by atoms with Crippen molar-refractivity contribution in [2.45, 2.75) is 19.8 Å². The molecule has 0 saturated carbocycles. The fourth-order valence-electron chi connectivity index (χ4n) is 3.54. The third-order valence-corrected chi connectivity index (χ3v) is 4.88. The highest BCUT2D eigenvalue weighted by atomic mass is 16.5. The third kappa shape index (κ3) is 3.59. The Hall–Kier alpha value is -3.60. The quantitative estimate of drug-likeness (QED) is 0.491. The summed E-state index contributed by atoms with van der Waals surface area (Å²) in [6.07, 6.45) is 5.39. The number of nitrogens with zero attached hydrogens (tertiary/aromatic N) is 3. The minimum absolute atomic E-state index is 0.150. The summed E-state index contributed by atoms with van der Waals surface area (Å²) in [6.45, 7) is 2.12. The summed E-state index contributed by atoms with van der Waals surface area (Å²) < 4.78 is 7.33. The first-order valence-electron chi connectivity index (χ1n) is 9.68. The molecule has 5 nitrogen and oxygen atoms in total. The van der Waals surface area contributed by atoms with E-state index in [9.17, 15) is 5.11 Å². The molecule has 0 radical (unpaired) electrons. The van der Waals surface area contributed by atoms with Gasteiger partial charge in [0.2, 0.25) is 0 Å². The molecule has 0 aliphatic rings. The van der Waals surface area contributed by atoms with E-state index in [1.54, 1.807) is 25.6 Å². The Balaban J connectivity index is 1.99. The second-order valence-electron chi connectivity index (χ2n) is 6.80. The Morgan fingerprint density at radius 3 is 2.48 bits per heavy atom. The highest BCUT2D eigenvalue weighted by Gasteiger charge is 2.21. The average Bonchev–Trinajstić information content (AvgIpc) is 3.21. The molecule has 0 fully saturated rings. The number of hydrogen-bond donors (Lipinski definition) is 1. The first kappa shape index (κ1) is 18.7. The maximum Gasteiger partial charge on any atom is 0.128 e. The number of benzene rings is 2. The van der Waals surface area contributed by atoms with E-state index in [4.69, 9.17) is 4.74 Å². The molecule has 0 spiro atoms. The standard InChI is InChI=1S/C24H23N3O2/c1-3-9-17-14-19(22(28)15-23(17)29-2)24-20(21-12-7-8-13-25-21)16-26-27(24)18-10-5-4-6-11-18/h4-8,10-16,28H,3,9H2,1-2H3. The number of phenolic OH excluding ortho intramolecular Hbond substituents is 1. The number of rotatable bonds is 6. The summed E-state index contributed by atoms with van der Waals surface area (Å²) in [6, 6.07) is 19.4. The number of ether oxygens (including phenoxy) is 1. The van der Waals surface area contributed by atoms with E-state index >= 15 is 0 Å². The highest BCUT2D eigenvalue weighted by Crippen LogP contribution is 2.41. The summed E-state index contributed by atoms with van der Waals surface area (Å²) in [4.78, 5) is 4.50. The van der Waals surface area contributed by atoms with Gasteiger partial charge in [-0.2, -0.15) is 5.10 Å². The fraction of sp³-hybridized carbons (Fsp3) is 0.167. The summed E-state index contributed by atoms with van der Waals surface area (Å²) in [7, 11) is 1.63. The average molecular weight is 385 g/mol. The van der Waals surface area contributed by atoms with Crippen LogP contribution in [0.2, 0.25) is 0 Å². The monoisotopic (exact) mass is 385 g/mol. The lowest BCUT2D eigenvalue weighted by atomic mass is 9.99. The maximum absolute atomic E-state index is 10.9. The van der Waals surface area contributed by atoms with E-state index in [1.807, 2.05) is 59.3 Å². The zero-order chi connectivity index (χ0) is 20.2. The molecule has 146 valence electrons. The molecule has 4 rings (SSSR count). The number of hydrogen-bond acceptors (Lipinski definition) is 4. The van der Waals surface area contributed by atoms with Gasteiger partial charge < -0.3 is 9.84 Å². The molecule has 5 heteroatoms. The van der Waals surface area contributed by atoms with Gasteiger partial charge in [-0.25, -0.2) is 4.68 Å². The van der Waals surface area contributed by atoms with Crippen LogP contribution in [0.25, 0.3) is 28.2 Å². The molecular weight excluding hydrogens is 362 g/mol. The van der Waals surface area contributed by atoms with Crippen molar-refractivity contribution >= 4 is 0 Å². The normalized spacial score (nSPS) is 10.8. The number of aromatic nitrogens is 3. The van der Waals surface area contributed by atoms with Gasteiger partial charge in [0, 0.05) is 23.4 Å². The third-order valence-electron chi connectivity index (χ3n) is 4.88. The summed E-state index contributed by atoms with van der Waals surface area (Å²) >= 11 is 0. The van der Waals surface area contributed by atoms with Crippen LogP contribution in [0.4, 0.5) is 0 Å². The van der Waals surface area contributed by atoms with Crippen molar-refractivity contribution in [3.63, 3.8) is 0 Å². The summed E-state index contributed by atoms with van der Waals surface area (Å²) in [5.41, 5.74) is 5.13. The van der Waals surface area contributed by atoms with Crippen molar-refractivity contribution in [1.29, 1.82) is 0 Å². The van der Waals surface area contributed by atoms with Gasteiger partial charge in [0.05, 0.1) is 30.4 Å². The van der Waals surface area contributed by atoms with Gasteiger partial charge in [-0.15, -0.1) is 0 Å². The van der Waals surface area contributed by atoms with Crippen LogP contribution in [-0.2, 0) is 6.42 Å². The van der Waals surface area contributed by atoms with E-state index in [-0.39, 0.29) is 5.75 Å². The number of phenols is 1. The van der Waals surface area contributed by atoms with Crippen LogP contribution in [0.3, 0.4) is 0 Å². The van der Waals surface area contributed by atoms with Crippen molar-refractivity contribution in [2.24, 2.45) is 0 Å². The highest BCUT2D eigenvalue weighted by molar-refractivity contribution is 5.84. The van der Waals surface area contributed by atoms with Crippen molar-refractivity contribution in [1.82, 2.24) is 14.8 Å². The van der Waals surface area contributed by atoms with Crippen LogP contribution in [0, 0.1) is 0 Å². The van der Waals surface area contributed by atoms with Crippen LogP contribution in [0.5, 0.6) is 11.5 Å². The van der Waals surface area contributed by atoms with E-state index in [1.165, 1.54) is 0 Å². The van der Waals surface area contributed by atoms with Gasteiger partial charge >= 0.3 is 0 Å². The molecule has 4 aromatic rings. The molecule has 0 amide bonds. The number of aryl methyl sites for hydroxylation is 1. The van der Waals surface area contributed by atoms with Gasteiger partial charge in [0.25, 0.3) is 0 Å². The molecule has 0 bridgehead atoms. The van der Waals surface area contributed by atoms with Gasteiger partial charge in [0.15, 0.2) is 0 Å². The Morgan fingerprint density at radius 2 is 1.79 bits per heavy atom. The first-order chi connectivity index (χ1) is 14.2. The largest absolute Gasteiger partial charge is 0.507 e. The lowest BCUT2D eigenvalue weighted by Gasteiger charge is -2.15. The van der Waals surface area contributed by atoms with Gasteiger partial charge in [0.1, 0.15) is 11.5 Å². The number of methoxy groups -OCH3 is 1. The number of para-hydroxylation sites is 1. The fourth-order valence-corrected chi connectivity index (χ4v) is 3.54. The minimum atomic E-state index is 0.150. The van der Waals surface area contributed by atoms with Crippen LogP contribution >= 0.6 is 0 Å². The van der Waals surface area contributed by atoms with Gasteiger partial charge in [-0.3, -0.25) is 4.98 Å². The lowest BCUT2D eigenvalue weighted by molar-refractivity contribution is 0.403. The topological polar surface area (TPSA) is 60.2 Å². The molecule has 2 aromatic carbocycles. The second-order valence-corrected chi connectivity index (χ2v) is 6.80. The zero-order valence-electron chi connectivity index (χ0n) is 16.5. The molecule has 0 atom stereocenters. The number of pyridine rings is 1. The van der Waals surface area contributed by atoms with Gasteiger partial charge in [-0.1, -0.05) is 37.6 Å². The van der Waals surface area contributed by atoms with E-state index in [0.29, 0.717) is 11.3 Å². The van der Waals surface area contributed by atoms with Crippen LogP contribution in [0.1, 0.15) is 18.9 Å². The predicted octanol–water partition coefficient (Wildman–Crippen LogP) is 5.27. The molecule has 0 aliphatic heterocycles. The van der Waals surface area contributed by atoms with Crippen LogP contribution in [-0.4, -0.2) is 27.0 Å². The molecule has 29 heavy (non-hydrogen) atoms. The van der Waals surface area contributed by atoms with E-state index < -0.39 is 0 Å². The Bertz CT molecular complexity index is 1050. The van der Waals surface area contributed by atoms with Gasteiger partial charge in [-0.05, 0) is 42.3 Å². The molecule has 0 unspecified atom stereocenters. The lowest BCUT2D eigenvalue weighted by Crippen LogP contribution is -2.01. The molecular formula is C24H23N3O2. The minimum Gasteiger partial charge on any atom is -0.507 e. The SMILES string of the molecule is CCCc1cc(-c2c(-c3ccccn3)cnn2-c2ccccc2)c(O)cc1OC. The van der Waals surface area contributed by atoms with Crippen molar-refractivity contribution in [3.05, 3.63) is 78.6 Å². The Labute approximate surface area is 170 Å². The van der Waals surface area contributed by atoms with E-state index in [0.717, 1.165) is 41.0 Å². The molecule has 1 N–H and O–H groups in total. The summed E-state index contributed by atoms with van der Waals surface area (Å²) in [5, 5.41) is 15.5. The Kier molecular flexibility index (Phi) is 5.29. The van der Waals surface area contributed by atoms with Crippen molar-refractivity contribution in [2.75, 3.05) is 7.11 Å². The molecule has 0 aliphatic carbocycles. The van der Waals surface area contributed by atoms with Crippen molar-refractivity contribution in [3.8, 4) is 39.7 Å². The van der Waals surface area contributed by atoms with Crippen molar-refractivity contribution < 1.29 is 9.84 Å². The smallest absolute Gasteiger partial charge is 0.128 e. The van der Waals surface area contributed by atoms with Crippen LogP contribution < -0.4 is 4.74 Å². The van der Waals surface area contributed by atoms with E-state index in [2.05, 4.69) is 17.0 Å². The molecule has 2 heterocycles. The molecule has 0 saturated heterocycles. The zero-order valence-corrected chi connectivity index (χ0v) is 16.5. The first-order valence-corrected chi connectivity index (χ1v) is 9.68. The van der Waals surface area contributed by atoms with Crippen LogP contribution in [0.15, 0.2) is 73.1 Å². The maximum atomic E-state index is 10.9. The predicted molar refractivity (Wildman–Crippen MR) is 114 cm³/mol. The molecule has 2 aromatic heterocycles. The second kappa shape index (κ2) is 8.19. The Morgan fingerprint density at radius 1 is 1.00 bits per heavy atom.